The van der Waals surface area contributed by atoms with E-state index in [1.54, 1.807) is 24.3 Å². The van der Waals surface area contributed by atoms with E-state index in [1.165, 1.54) is 0 Å². The van der Waals surface area contributed by atoms with Gasteiger partial charge in [-0.2, -0.15) is 0 Å². The molecule has 0 spiro atoms. The Morgan fingerprint density at radius 3 is 2.76 bits per heavy atom. The first-order valence-electron chi connectivity index (χ1n) is 4.86. The molecule has 1 heterocycles. The van der Waals surface area contributed by atoms with Gasteiger partial charge in [-0.3, -0.25) is 0 Å². The molecule has 2 rings (SSSR count). The lowest BCUT2D eigenvalue weighted by Crippen LogP contribution is -2.17. The number of para-hydroxylation sites is 1. The maximum absolute atomic E-state index is 11.6. The fourth-order valence-electron chi connectivity index (χ4n) is 1.72. The Labute approximate surface area is 96.5 Å². The van der Waals surface area contributed by atoms with E-state index in [2.05, 4.69) is 5.92 Å². The first kappa shape index (κ1) is 11.0. The Bertz CT molecular complexity index is 689. The van der Waals surface area contributed by atoms with E-state index in [1.807, 2.05) is 0 Å². The van der Waals surface area contributed by atoms with Gasteiger partial charge < -0.3 is 9.52 Å². The highest BCUT2D eigenvalue weighted by molar-refractivity contribution is 5.95. The molecule has 0 unspecified atom stereocenters. The fraction of sp³-hybridized carbons (Fsp3) is 0.0769. The third-order valence-corrected chi connectivity index (χ3v) is 2.41. The molecular weight excluding hydrogens is 220 g/mol. The summed E-state index contributed by atoms with van der Waals surface area (Å²) < 4.78 is 4.94. The van der Waals surface area contributed by atoms with Crippen LogP contribution in [0.4, 0.5) is 0 Å². The summed E-state index contributed by atoms with van der Waals surface area (Å²) in [4.78, 5) is 22.6. The van der Waals surface area contributed by atoms with Crippen LogP contribution < -0.4 is 5.63 Å². The van der Waals surface area contributed by atoms with Gasteiger partial charge in [0.25, 0.3) is 0 Å². The lowest BCUT2D eigenvalue weighted by Gasteiger charge is -2.05. The van der Waals surface area contributed by atoms with Crippen molar-refractivity contribution >= 4 is 16.9 Å². The van der Waals surface area contributed by atoms with Gasteiger partial charge in [0.2, 0.25) is 0 Å². The molecule has 0 aliphatic carbocycles. The molecule has 17 heavy (non-hydrogen) atoms. The standard InChI is InChI=1S/C13H8O4/c1-2-5-9-8-6-3-4-7-10(8)17-13(16)11(9)12(14)15/h1,3-4,6-7H,5H2,(H,14,15). The third kappa shape index (κ3) is 1.79. The molecule has 0 amide bonds. The second-order valence-corrected chi connectivity index (χ2v) is 3.43. The van der Waals surface area contributed by atoms with Crippen LogP contribution >= 0.6 is 0 Å². The Kier molecular flexibility index (Phi) is 2.67. The molecule has 0 radical (unpaired) electrons. The summed E-state index contributed by atoms with van der Waals surface area (Å²) in [5.74, 6) is 1.03. The number of benzene rings is 1. The smallest absolute Gasteiger partial charge is 0.351 e. The number of carboxylic acid groups (broad SMARTS) is 1. The quantitative estimate of drug-likeness (QED) is 0.627. The van der Waals surface area contributed by atoms with Gasteiger partial charge in [-0.15, -0.1) is 12.3 Å². The minimum absolute atomic E-state index is 0.0771. The summed E-state index contributed by atoms with van der Waals surface area (Å²) in [5.41, 5.74) is -0.595. The Morgan fingerprint density at radius 1 is 1.41 bits per heavy atom. The third-order valence-electron chi connectivity index (χ3n) is 2.41. The molecule has 0 atom stereocenters. The van der Waals surface area contributed by atoms with Crippen LogP contribution in [0, 0.1) is 12.3 Å². The maximum Gasteiger partial charge on any atom is 0.351 e. The van der Waals surface area contributed by atoms with E-state index in [9.17, 15) is 9.59 Å². The van der Waals surface area contributed by atoms with E-state index < -0.39 is 11.6 Å². The predicted molar refractivity (Wildman–Crippen MR) is 62.0 cm³/mol. The number of terminal acetylenes is 1. The van der Waals surface area contributed by atoms with Gasteiger partial charge in [0.1, 0.15) is 11.1 Å². The summed E-state index contributed by atoms with van der Waals surface area (Å²) in [5, 5.41) is 9.56. The number of carbonyl (C=O) groups is 1. The highest BCUT2D eigenvalue weighted by atomic mass is 16.4. The first-order valence-corrected chi connectivity index (χ1v) is 4.86. The second kappa shape index (κ2) is 4.14. The minimum Gasteiger partial charge on any atom is -0.477 e. The summed E-state index contributed by atoms with van der Waals surface area (Å²) in [6.07, 6.45) is 5.27. The van der Waals surface area contributed by atoms with E-state index in [4.69, 9.17) is 15.9 Å². The van der Waals surface area contributed by atoms with Crippen LogP contribution in [0.2, 0.25) is 0 Å². The van der Waals surface area contributed by atoms with Crippen LogP contribution in [-0.2, 0) is 6.42 Å². The normalized spacial score (nSPS) is 10.1. The summed E-state index contributed by atoms with van der Waals surface area (Å²) in [6.45, 7) is 0. The lowest BCUT2D eigenvalue weighted by atomic mass is 10.0. The molecule has 0 aliphatic rings. The van der Waals surface area contributed by atoms with Crippen molar-refractivity contribution in [2.24, 2.45) is 0 Å². The average molecular weight is 228 g/mol. The maximum atomic E-state index is 11.6. The van der Waals surface area contributed by atoms with Crippen LogP contribution in [0.1, 0.15) is 15.9 Å². The van der Waals surface area contributed by atoms with Crippen LogP contribution in [0.15, 0.2) is 33.5 Å². The molecule has 0 bridgehead atoms. The summed E-state index contributed by atoms with van der Waals surface area (Å²) in [6, 6.07) is 6.71. The largest absolute Gasteiger partial charge is 0.477 e. The van der Waals surface area contributed by atoms with E-state index in [0.29, 0.717) is 16.5 Å². The molecule has 1 aromatic heterocycles. The Balaban J connectivity index is 2.94. The first-order chi connectivity index (χ1) is 8.15. The van der Waals surface area contributed by atoms with Crippen molar-refractivity contribution in [3.05, 3.63) is 45.8 Å². The van der Waals surface area contributed by atoms with Gasteiger partial charge in [0, 0.05) is 11.8 Å². The number of hydrogen-bond donors (Lipinski definition) is 1. The van der Waals surface area contributed by atoms with Gasteiger partial charge >= 0.3 is 11.6 Å². The SMILES string of the molecule is C#CCc1c(C(=O)O)c(=O)oc2ccccc12. The molecule has 4 heteroatoms. The minimum atomic E-state index is -1.32. The van der Waals surface area contributed by atoms with Crippen LogP contribution in [-0.4, -0.2) is 11.1 Å². The number of hydrogen-bond acceptors (Lipinski definition) is 3. The zero-order chi connectivity index (χ0) is 12.4. The van der Waals surface area contributed by atoms with Crippen molar-refractivity contribution in [3.63, 3.8) is 0 Å². The Morgan fingerprint density at radius 2 is 2.12 bits per heavy atom. The molecule has 84 valence electrons. The van der Waals surface area contributed by atoms with Crippen molar-refractivity contribution < 1.29 is 14.3 Å². The summed E-state index contributed by atoms with van der Waals surface area (Å²) >= 11 is 0. The van der Waals surface area contributed by atoms with Crippen molar-refractivity contribution in [3.8, 4) is 12.3 Å². The van der Waals surface area contributed by atoms with Gasteiger partial charge in [-0.1, -0.05) is 18.2 Å². The zero-order valence-corrected chi connectivity index (χ0v) is 8.77. The molecular formula is C13H8O4. The van der Waals surface area contributed by atoms with Crippen LogP contribution in [0.25, 0.3) is 11.0 Å². The van der Waals surface area contributed by atoms with Gasteiger partial charge in [0.15, 0.2) is 0 Å². The van der Waals surface area contributed by atoms with Crippen LogP contribution in [0.5, 0.6) is 0 Å². The van der Waals surface area contributed by atoms with Crippen molar-refractivity contribution in [2.75, 3.05) is 0 Å². The van der Waals surface area contributed by atoms with Crippen molar-refractivity contribution in [1.82, 2.24) is 0 Å². The number of rotatable bonds is 2. The highest BCUT2D eigenvalue weighted by Gasteiger charge is 2.19. The monoisotopic (exact) mass is 228 g/mol. The summed E-state index contributed by atoms with van der Waals surface area (Å²) in [7, 11) is 0. The molecule has 4 nitrogen and oxygen atoms in total. The molecule has 0 saturated heterocycles. The topological polar surface area (TPSA) is 67.5 Å². The number of carboxylic acids is 1. The number of fused-ring (bicyclic) bond motifs is 1. The predicted octanol–water partition coefficient (Wildman–Crippen LogP) is 1.67. The van der Waals surface area contributed by atoms with E-state index in [0.717, 1.165) is 0 Å². The average Bonchev–Trinajstić information content (AvgIpc) is 2.28. The molecule has 2 aromatic rings. The molecule has 1 N–H and O–H groups in total. The second-order valence-electron chi connectivity index (χ2n) is 3.43. The number of aromatic carboxylic acids is 1. The molecule has 0 aliphatic heterocycles. The Hall–Kier alpha value is -2.54. The van der Waals surface area contributed by atoms with E-state index >= 15 is 0 Å². The van der Waals surface area contributed by atoms with Crippen LogP contribution in [0.3, 0.4) is 0 Å². The lowest BCUT2D eigenvalue weighted by molar-refractivity contribution is 0.0691. The van der Waals surface area contributed by atoms with Gasteiger partial charge in [0.05, 0.1) is 0 Å². The highest BCUT2D eigenvalue weighted by Crippen LogP contribution is 2.20. The van der Waals surface area contributed by atoms with E-state index in [-0.39, 0.29) is 12.0 Å². The molecule has 1 aromatic carbocycles. The van der Waals surface area contributed by atoms with Gasteiger partial charge in [-0.05, 0) is 11.6 Å². The molecule has 0 saturated carbocycles. The molecule has 0 fully saturated rings. The zero-order valence-electron chi connectivity index (χ0n) is 8.77. The van der Waals surface area contributed by atoms with Crippen molar-refractivity contribution in [1.29, 1.82) is 0 Å². The fourth-order valence-corrected chi connectivity index (χ4v) is 1.72. The van der Waals surface area contributed by atoms with Crippen molar-refractivity contribution in [2.45, 2.75) is 6.42 Å². The van der Waals surface area contributed by atoms with Gasteiger partial charge in [-0.25, -0.2) is 9.59 Å².